The first-order valence-corrected chi connectivity index (χ1v) is 17.6. The van der Waals surface area contributed by atoms with E-state index in [4.69, 9.17) is 19.2 Å². The van der Waals surface area contributed by atoms with E-state index in [1.54, 1.807) is 44.4 Å². The van der Waals surface area contributed by atoms with Crippen LogP contribution in [0.25, 0.3) is 11.8 Å². The van der Waals surface area contributed by atoms with Crippen LogP contribution in [0.1, 0.15) is 35.2 Å². The van der Waals surface area contributed by atoms with Crippen molar-refractivity contribution in [3.05, 3.63) is 157 Å². The second-order valence-corrected chi connectivity index (χ2v) is 13.8. The zero-order valence-electron chi connectivity index (χ0n) is 26.1. The number of hydrogen-bond acceptors (Lipinski definition) is 9. The number of thiazole rings is 1. The number of ether oxygens (including phenoxy) is 3. The molecule has 6 rings (SSSR count). The Labute approximate surface area is 306 Å². The smallest absolute Gasteiger partial charge is 0.338 e. The highest BCUT2D eigenvalue weighted by Crippen LogP contribution is 2.36. The topological polar surface area (TPSA) is 122 Å². The Morgan fingerprint density at radius 1 is 1.08 bits per heavy atom. The minimum absolute atomic E-state index is 0.00693. The molecule has 0 spiro atoms. The number of nitrogens with zero attached hydrogens (tertiary/aromatic N) is 3. The molecule has 248 valence electrons. The summed E-state index contributed by atoms with van der Waals surface area (Å²) in [5, 5.41) is 11.1. The Bertz CT molecular complexity index is 2270. The first-order valence-electron chi connectivity index (χ1n) is 15.0. The minimum Gasteiger partial charge on any atom is -0.497 e. The van der Waals surface area contributed by atoms with E-state index >= 15 is 0 Å². The number of fused-ring (bicyclic) bond motifs is 1. The van der Waals surface area contributed by atoms with E-state index in [0.717, 1.165) is 13.6 Å². The summed E-state index contributed by atoms with van der Waals surface area (Å²) in [5.41, 5.74) is 3.11. The van der Waals surface area contributed by atoms with Crippen molar-refractivity contribution in [1.29, 1.82) is 0 Å². The predicted molar refractivity (Wildman–Crippen MR) is 198 cm³/mol. The molecule has 49 heavy (non-hydrogen) atoms. The van der Waals surface area contributed by atoms with Gasteiger partial charge in [-0.1, -0.05) is 69.7 Å². The van der Waals surface area contributed by atoms with Crippen LogP contribution in [0, 0.1) is 13.7 Å². The van der Waals surface area contributed by atoms with E-state index in [-0.39, 0.29) is 30.0 Å². The molecule has 2 heterocycles. The molecule has 1 aliphatic heterocycles. The number of carbonyl (C=O) groups excluding carboxylic acids is 1. The monoisotopic (exact) mass is 851 g/mol. The van der Waals surface area contributed by atoms with Gasteiger partial charge in [-0.3, -0.25) is 19.5 Å². The van der Waals surface area contributed by atoms with Crippen molar-refractivity contribution in [2.75, 3.05) is 13.7 Å². The van der Waals surface area contributed by atoms with Crippen LogP contribution in [0.2, 0.25) is 0 Å². The lowest BCUT2D eigenvalue weighted by Gasteiger charge is -2.26. The first kappa shape index (κ1) is 34.3. The molecule has 0 N–H and O–H groups in total. The Kier molecular flexibility index (Phi) is 10.4. The van der Waals surface area contributed by atoms with Crippen LogP contribution in [0.3, 0.4) is 0 Å². The third kappa shape index (κ3) is 7.23. The van der Waals surface area contributed by atoms with Crippen LogP contribution in [0.4, 0.5) is 5.69 Å². The van der Waals surface area contributed by atoms with E-state index in [2.05, 4.69) is 38.5 Å². The van der Waals surface area contributed by atoms with Crippen LogP contribution in [-0.2, 0) is 16.1 Å². The summed E-state index contributed by atoms with van der Waals surface area (Å²) in [6, 6.07) is 25.6. The van der Waals surface area contributed by atoms with Crippen LogP contribution >= 0.6 is 49.9 Å². The molecule has 0 saturated carbocycles. The second-order valence-electron chi connectivity index (χ2n) is 10.7. The van der Waals surface area contributed by atoms with Gasteiger partial charge >= 0.3 is 5.97 Å². The van der Waals surface area contributed by atoms with Crippen LogP contribution < -0.4 is 24.4 Å². The number of non-ortho nitro benzene ring substituents is 1. The van der Waals surface area contributed by atoms with Gasteiger partial charge < -0.3 is 14.2 Å². The molecular formula is C36H27BrIN3O7S. The first-order chi connectivity index (χ1) is 23.7. The number of rotatable bonds is 10. The fraction of sp³-hybridized carbons (Fsp3) is 0.139. The normalized spacial score (nSPS) is 14.2. The Morgan fingerprint density at radius 3 is 2.45 bits per heavy atom. The average Bonchev–Trinajstić information content (AvgIpc) is 3.41. The fourth-order valence-corrected chi connectivity index (χ4v) is 8.09. The highest BCUT2D eigenvalue weighted by molar-refractivity contribution is 14.1. The van der Waals surface area contributed by atoms with Gasteiger partial charge in [0.15, 0.2) is 4.80 Å². The van der Waals surface area contributed by atoms with Gasteiger partial charge in [-0.15, -0.1) is 0 Å². The third-order valence-corrected chi connectivity index (χ3v) is 9.90. The molecule has 0 bridgehead atoms. The van der Waals surface area contributed by atoms with Gasteiger partial charge in [0.25, 0.3) is 11.2 Å². The van der Waals surface area contributed by atoms with Gasteiger partial charge in [0, 0.05) is 27.7 Å². The molecule has 10 nitrogen and oxygen atoms in total. The zero-order chi connectivity index (χ0) is 34.7. The number of methoxy groups -OCH3 is 1. The van der Waals surface area contributed by atoms with Crippen molar-refractivity contribution in [3.63, 3.8) is 0 Å². The van der Waals surface area contributed by atoms with Gasteiger partial charge in [-0.05, 0) is 83.1 Å². The van der Waals surface area contributed by atoms with Crippen molar-refractivity contribution in [3.8, 4) is 11.5 Å². The van der Waals surface area contributed by atoms with Crippen molar-refractivity contribution in [1.82, 2.24) is 4.57 Å². The Balaban J connectivity index is 1.52. The standard InChI is InChI=1S/C36H27BrIN3O7S/c1-3-47-35(43)30-31(22-7-5-4-6-8-22)39-36-40(32(30)23-11-15-27(46-2)16-12-23)34(42)29(49-36)18-24-17-25(37)19-28(38)33(24)48-20-21-9-13-26(14-10-21)41(44)45/h4-19,32H,3,20H2,1-2H3/b29-18-/t32-/m0/s1. The molecule has 0 amide bonds. The number of nitro benzene ring substituents is 1. The lowest BCUT2D eigenvalue weighted by atomic mass is 9.93. The second kappa shape index (κ2) is 14.9. The van der Waals surface area contributed by atoms with Crippen molar-refractivity contribution >= 4 is 73.3 Å². The van der Waals surface area contributed by atoms with Gasteiger partial charge in [0.2, 0.25) is 0 Å². The minimum atomic E-state index is -0.834. The van der Waals surface area contributed by atoms with E-state index in [1.165, 1.54) is 28.0 Å². The highest BCUT2D eigenvalue weighted by atomic mass is 127. The summed E-state index contributed by atoms with van der Waals surface area (Å²) in [7, 11) is 1.57. The molecule has 0 radical (unpaired) electrons. The molecule has 1 atom stereocenters. The maximum atomic E-state index is 14.4. The van der Waals surface area contributed by atoms with Crippen molar-refractivity contribution in [2.45, 2.75) is 19.6 Å². The maximum Gasteiger partial charge on any atom is 0.338 e. The zero-order valence-corrected chi connectivity index (χ0v) is 30.7. The SMILES string of the molecule is CCOC(=O)C1=C(c2ccccc2)N=c2s/c(=C\c3cc(Br)cc(I)c3OCc3ccc([N+](=O)[O-])cc3)c(=O)n2[C@H]1c1ccc(OC)cc1. The average molecular weight is 853 g/mol. The Morgan fingerprint density at radius 2 is 1.80 bits per heavy atom. The summed E-state index contributed by atoms with van der Waals surface area (Å²) >= 11 is 6.94. The number of hydrogen-bond donors (Lipinski definition) is 0. The Hall–Kier alpha value is -4.60. The molecule has 4 aromatic carbocycles. The molecule has 5 aromatic rings. The van der Waals surface area contributed by atoms with Gasteiger partial charge in [0.1, 0.15) is 18.1 Å². The largest absolute Gasteiger partial charge is 0.497 e. The summed E-state index contributed by atoms with van der Waals surface area (Å²) < 4.78 is 20.7. The van der Waals surface area contributed by atoms with Crippen molar-refractivity contribution < 1.29 is 23.9 Å². The predicted octanol–water partition coefficient (Wildman–Crippen LogP) is 6.80. The van der Waals surface area contributed by atoms with Crippen LogP contribution in [0.15, 0.2) is 111 Å². The maximum absolute atomic E-state index is 14.4. The number of aromatic nitrogens is 1. The van der Waals surface area contributed by atoms with Gasteiger partial charge in [-0.25, -0.2) is 9.79 Å². The number of esters is 1. The number of benzene rings is 4. The lowest BCUT2D eigenvalue weighted by Crippen LogP contribution is -2.40. The molecule has 0 fully saturated rings. The lowest BCUT2D eigenvalue weighted by molar-refractivity contribution is -0.384. The summed E-state index contributed by atoms with van der Waals surface area (Å²) in [6.45, 7) is 2.03. The molecular weight excluding hydrogens is 825 g/mol. The molecule has 0 aliphatic carbocycles. The molecule has 1 aliphatic rings. The molecule has 1 aromatic heterocycles. The fourth-order valence-electron chi connectivity index (χ4n) is 5.39. The van der Waals surface area contributed by atoms with E-state index < -0.39 is 16.9 Å². The van der Waals surface area contributed by atoms with E-state index in [1.807, 2.05) is 54.6 Å². The molecule has 0 unspecified atom stereocenters. The van der Waals surface area contributed by atoms with Crippen LogP contribution in [-0.4, -0.2) is 29.2 Å². The summed E-state index contributed by atoms with van der Waals surface area (Å²) in [5.74, 6) is 0.604. The summed E-state index contributed by atoms with van der Waals surface area (Å²) in [4.78, 5) is 44.1. The molecule has 13 heteroatoms. The number of halogens is 2. The third-order valence-electron chi connectivity index (χ3n) is 7.66. The number of nitro groups is 1. The summed E-state index contributed by atoms with van der Waals surface area (Å²) in [6.07, 6.45) is 1.75. The quantitative estimate of drug-likeness (QED) is 0.0656. The van der Waals surface area contributed by atoms with Gasteiger partial charge in [0.05, 0.1) is 44.1 Å². The van der Waals surface area contributed by atoms with Crippen molar-refractivity contribution in [2.24, 2.45) is 4.99 Å². The van der Waals surface area contributed by atoms with E-state index in [9.17, 15) is 19.7 Å². The number of carbonyl (C=O) groups is 1. The highest BCUT2D eigenvalue weighted by Gasteiger charge is 2.35. The molecule has 0 saturated heterocycles. The van der Waals surface area contributed by atoms with Gasteiger partial charge in [-0.2, -0.15) is 0 Å². The van der Waals surface area contributed by atoms with E-state index in [0.29, 0.717) is 43.2 Å². The van der Waals surface area contributed by atoms with Crippen LogP contribution in [0.5, 0.6) is 11.5 Å².